The van der Waals surface area contributed by atoms with Gasteiger partial charge in [0.15, 0.2) is 0 Å². The summed E-state index contributed by atoms with van der Waals surface area (Å²) in [4.78, 5) is 0. The van der Waals surface area contributed by atoms with Gasteiger partial charge in [0.05, 0.1) is 6.04 Å². The van der Waals surface area contributed by atoms with Crippen molar-refractivity contribution >= 4 is 0 Å². The average molecular weight is 253 g/mol. The molecule has 0 saturated carbocycles. The highest BCUT2D eigenvalue weighted by molar-refractivity contribution is 5.46. The van der Waals surface area contributed by atoms with E-state index in [4.69, 9.17) is 5.73 Å². The van der Waals surface area contributed by atoms with E-state index < -0.39 is 0 Å². The molecule has 0 aliphatic heterocycles. The van der Waals surface area contributed by atoms with Crippen LogP contribution in [0.25, 0.3) is 0 Å². The largest absolute Gasteiger partial charge is 0.320 e. The van der Waals surface area contributed by atoms with Gasteiger partial charge in [0, 0.05) is 0 Å². The molecule has 1 atom stereocenters. The topological polar surface area (TPSA) is 26.0 Å². The molecule has 0 bridgehead atoms. The zero-order valence-electron chi connectivity index (χ0n) is 12.5. The maximum atomic E-state index is 6.52. The summed E-state index contributed by atoms with van der Waals surface area (Å²) in [6.45, 7) is 10.7. The van der Waals surface area contributed by atoms with Gasteiger partial charge >= 0.3 is 0 Å². The highest BCUT2D eigenvalue weighted by atomic mass is 14.6. The molecule has 1 nitrogen and oxygen atoms in total. The summed E-state index contributed by atoms with van der Waals surface area (Å²) >= 11 is 0. The molecule has 2 N–H and O–H groups in total. The molecule has 0 fully saturated rings. The summed E-state index contributed by atoms with van der Waals surface area (Å²) < 4.78 is 0. The molecule has 0 heterocycles. The number of rotatable bonds is 2. The van der Waals surface area contributed by atoms with E-state index in [2.05, 4.69) is 65.0 Å². The van der Waals surface area contributed by atoms with Crippen LogP contribution in [0.2, 0.25) is 0 Å². The monoisotopic (exact) mass is 253 g/mol. The zero-order chi connectivity index (χ0) is 14.2. The minimum absolute atomic E-state index is 0.0406. The lowest BCUT2D eigenvalue weighted by atomic mass is 9.88. The van der Waals surface area contributed by atoms with E-state index in [1.807, 2.05) is 0 Å². The van der Waals surface area contributed by atoms with Crippen molar-refractivity contribution in [1.29, 1.82) is 0 Å². The Labute approximate surface area is 116 Å². The Balaban J connectivity index is 2.53. The highest BCUT2D eigenvalue weighted by Gasteiger charge is 2.16. The first-order valence-electron chi connectivity index (χ1n) is 6.80. The summed E-state index contributed by atoms with van der Waals surface area (Å²) in [5, 5.41) is 0. The van der Waals surface area contributed by atoms with Crippen molar-refractivity contribution < 1.29 is 0 Å². The number of aryl methyl sites for hydroxylation is 5. The molecular formula is C18H23N. The van der Waals surface area contributed by atoms with Gasteiger partial charge in [0.1, 0.15) is 0 Å². The molecule has 0 spiro atoms. The van der Waals surface area contributed by atoms with Crippen molar-refractivity contribution in [2.45, 2.75) is 40.7 Å². The fraction of sp³-hybridized carbons (Fsp3) is 0.333. The van der Waals surface area contributed by atoms with E-state index in [1.165, 1.54) is 38.9 Å². The lowest BCUT2D eigenvalue weighted by Gasteiger charge is -2.21. The number of hydrogen-bond acceptors (Lipinski definition) is 1. The Kier molecular flexibility index (Phi) is 3.77. The number of nitrogens with two attached hydrogens (primary N) is 1. The first kappa shape index (κ1) is 13.8. The summed E-state index contributed by atoms with van der Waals surface area (Å²) in [5.41, 5.74) is 15.4. The quantitative estimate of drug-likeness (QED) is 0.849. The molecule has 0 aliphatic rings. The second-order valence-corrected chi connectivity index (χ2v) is 5.65. The van der Waals surface area contributed by atoms with Crippen molar-refractivity contribution in [3.8, 4) is 0 Å². The average Bonchev–Trinajstić information content (AvgIpc) is 2.26. The Morgan fingerprint density at radius 1 is 0.737 bits per heavy atom. The molecule has 2 rings (SSSR count). The molecule has 100 valence electrons. The van der Waals surface area contributed by atoms with Gasteiger partial charge in [-0.2, -0.15) is 0 Å². The Morgan fingerprint density at radius 3 is 1.79 bits per heavy atom. The van der Waals surface area contributed by atoms with E-state index in [9.17, 15) is 0 Å². The van der Waals surface area contributed by atoms with Crippen molar-refractivity contribution in [3.63, 3.8) is 0 Å². The van der Waals surface area contributed by atoms with Crippen LogP contribution in [0.4, 0.5) is 0 Å². The molecule has 1 heteroatoms. The van der Waals surface area contributed by atoms with E-state index >= 15 is 0 Å². The molecule has 19 heavy (non-hydrogen) atoms. The van der Waals surface area contributed by atoms with Crippen LogP contribution in [0, 0.1) is 34.6 Å². The molecule has 2 aromatic rings. The summed E-state index contributed by atoms with van der Waals surface area (Å²) in [6, 6.07) is 10.9. The lowest BCUT2D eigenvalue weighted by molar-refractivity contribution is 0.841. The Hall–Kier alpha value is -1.60. The molecule has 0 radical (unpaired) electrons. The second kappa shape index (κ2) is 5.18. The van der Waals surface area contributed by atoms with Gasteiger partial charge in [-0.05, 0) is 62.4 Å². The summed E-state index contributed by atoms with van der Waals surface area (Å²) in [7, 11) is 0. The first-order chi connectivity index (χ1) is 8.90. The van der Waals surface area contributed by atoms with Gasteiger partial charge in [-0.1, -0.05) is 41.5 Å². The van der Waals surface area contributed by atoms with Crippen LogP contribution in [-0.4, -0.2) is 0 Å². The van der Waals surface area contributed by atoms with Crippen LogP contribution in [0.5, 0.6) is 0 Å². The minimum atomic E-state index is -0.0406. The molecule has 0 aliphatic carbocycles. The summed E-state index contributed by atoms with van der Waals surface area (Å²) in [5.74, 6) is 0. The van der Waals surface area contributed by atoms with E-state index in [0.29, 0.717) is 0 Å². The number of benzene rings is 2. The van der Waals surface area contributed by atoms with Gasteiger partial charge in [-0.15, -0.1) is 0 Å². The molecule has 0 saturated heterocycles. The predicted molar refractivity (Wildman–Crippen MR) is 82.6 cm³/mol. The van der Waals surface area contributed by atoms with Crippen LogP contribution >= 0.6 is 0 Å². The first-order valence-corrected chi connectivity index (χ1v) is 6.80. The van der Waals surface area contributed by atoms with Gasteiger partial charge < -0.3 is 5.73 Å². The van der Waals surface area contributed by atoms with Crippen LogP contribution in [0.3, 0.4) is 0 Å². The Bertz CT molecular complexity index is 588. The van der Waals surface area contributed by atoms with E-state index in [1.54, 1.807) is 0 Å². The fourth-order valence-electron chi connectivity index (χ4n) is 3.01. The zero-order valence-corrected chi connectivity index (χ0v) is 12.5. The molecule has 0 aromatic heterocycles. The SMILES string of the molecule is Cc1ccc(C(N)c2c(C)cc(C)cc2C)c(C)c1. The van der Waals surface area contributed by atoms with Crippen molar-refractivity contribution in [2.24, 2.45) is 5.73 Å². The van der Waals surface area contributed by atoms with Crippen LogP contribution in [0.15, 0.2) is 30.3 Å². The van der Waals surface area contributed by atoms with Crippen LogP contribution in [-0.2, 0) is 0 Å². The maximum Gasteiger partial charge on any atom is 0.0559 e. The molecule has 1 unspecified atom stereocenters. The van der Waals surface area contributed by atoms with Crippen LogP contribution in [0.1, 0.15) is 45.0 Å². The third-order valence-corrected chi connectivity index (χ3v) is 3.81. The van der Waals surface area contributed by atoms with E-state index in [-0.39, 0.29) is 6.04 Å². The lowest BCUT2D eigenvalue weighted by Crippen LogP contribution is -2.16. The minimum Gasteiger partial charge on any atom is -0.320 e. The molecule has 0 amide bonds. The van der Waals surface area contributed by atoms with Gasteiger partial charge in [0.2, 0.25) is 0 Å². The fourth-order valence-corrected chi connectivity index (χ4v) is 3.01. The highest BCUT2D eigenvalue weighted by Crippen LogP contribution is 2.29. The van der Waals surface area contributed by atoms with Gasteiger partial charge in [-0.3, -0.25) is 0 Å². The van der Waals surface area contributed by atoms with Gasteiger partial charge in [0.25, 0.3) is 0 Å². The smallest absolute Gasteiger partial charge is 0.0559 e. The van der Waals surface area contributed by atoms with Crippen molar-refractivity contribution in [1.82, 2.24) is 0 Å². The Morgan fingerprint density at radius 2 is 1.26 bits per heavy atom. The standard InChI is InChI=1S/C18H23N/c1-11-6-7-16(13(3)8-11)18(19)17-14(4)9-12(2)10-15(17)5/h6-10,18H,19H2,1-5H3. The molecular weight excluding hydrogens is 230 g/mol. The van der Waals surface area contributed by atoms with Gasteiger partial charge in [-0.25, -0.2) is 0 Å². The number of hydrogen-bond donors (Lipinski definition) is 1. The predicted octanol–water partition coefficient (Wildman–Crippen LogP) is 4.28. The third-order valence-electron chi connectivity index (χ3n) is 3.81. The van der Waals surface area contributed by atoms with E-state index in [0.717, 1.165) is 0 Å². The third kappa shape index (κ3) is 2.71. The normalized spacial score (nSPS) is 12.5. The second-order valence-electron chi connectivity index (χ2n) is 5.65. The maximum absolute atomic E-state index is 6.52. The van der Waals surface area contributed by atoms with Crippen LogP contribution < -0.4 is 5.73 Å². The van der Waals surface area contributed by atoms with Crippen molar-refractivity contribution in [3.05, 3.63) is 69.3 Å². The molecule has 2 aromatic carbocycles. The van der Waals surface area contributed by atoms with Crippen molar-refractivity contribution in [2.75, 3.05) is 0 Å². The summed E-state index contributed by atoms with van der Waals surface area (Å²) in [6.07, 6.45) is 0.